The van der Waals surface area contributed by atoms with Crippen molar-refractivity contribution in [2.45, 2.75) is 72.4 Å². The van der Waals surface area contributed by atoms with Crippen LogP contribution < -0.4 is 9.62 Å². The van der Waals surface area contributed by atoms with Crippen LogP contribution in [0.4, 0.5) is 5.69 Å². The lowest BCUT2D eigenvalue weighted by molar-refractivity contribution is -0.141. The third kappa shape index (κ3) is 9.34. The van der Waals surface area contributed by atoms with Crippen molar-refractivity contribution in [3.05, 3.63) is 64.2 Å². The van der Waals surface area contributed by atoms with E-state index in [9.17, 15) is 18.0 Å². The number of anilines is 1. The topological polar surface area (TPSA) is 86.8 Å². The number of halogens is 1. The van der Waals surface area contributed by atoms with Gasteiger partial charge in [0.15, 0.2) is 0 Å². The smallest absolute Gasteiger partial charge is 0.242 e. The molecule has 1 unspecified atom stereocenters. The number of carbonyl (C=O) groups excluding carboxylic acids is 2. The number of nitrogens with zero attached hydrogens (tertiary/aromatic N) is 2. The van der Waals surface area contributed by atoms with Crippen LogP contribution in [0.1, 0.15) is 62.6 Å². The maximum atomic E-state index is 13.5. The normalized spacial score (nSPS) is 12.2. The lowest BCUT2D eigenvalue weighted by Gasteiger charge is -2.31. The first-order valence-electron chi connectivity index (χ1n) is 12.8. The Kier molecular flexibility index (Phi) is 11.9. The van der Waals surface area contributed by atoms with Gasteiger partial charge in [-0.3, -0.25) is 13.9 Å². The molecule has 1 N–H and O–H groups in total. The molecule has 1 atom stereocenters. The van der Waals surface area contributed by atoms with Crippen molar-refractivity contribution in [2.24, 2.45) is 0 Å². The SMILES string of the molecule is CCCCNC(=O)C(CC)N(Cc1cccc(C)c1)C(=O)CCCN(c1cc(Cl)ccc1C)S(C)(=O)=O. The fourth-order valence-corrected chi connectivity index (χ4v) is 5.45. The van der Waals surface area contributed by atoms with Gasteiger partial charge in [-0.25, -0.2) is 8.42 Å². The van der Waals surface area contributed by atoms with Crippen LogP contribution in [-0.2, 0) is 26.2 Å². The Balaban J connectivity index is 2.23. The number of carbonyl (C=O) groups is 2. The molecule has 9 heteroatoms. The van der Waals surface area contributed by atoms with Crippen LogP contribution in [0.25, 0.3) is 0 Å². The molecule has 0 heterocycles. The molecule has 2 aromatic rings. The van der Waals surface area contributed by atoms with Crippen molar-refractivity contribution in [3.63, 3.8) is 0 Å². The highest BCUT2D eigenvalue weighted by molar-refractivity contribution is 7.92. The first kappa shape index (κ1) is 30.6. The van der Waals surface area contributed by atoms with E-state index >= 15 is 0 Å². The third-order valence-electron chi connectivity index (χ3n) is 6.24. The Hall–Kier alpha value is -2.58. The third-order valence-corrected chi connectivity index (χ3v) is 7.66. The second-order valence-corrected chi connectivity index (χ2v) is 11.8. The average molecular weight is 550 g/mol. The number of hydrogen-bond acceptors (Lipinski definition) is 4. The van der Waals surface area contributed by atoms with E-state index in [-0.39, 0.29) is 24.8 Å². The Morgan fingerprint density at radius 3 is 2.41 bits per heavy atom. The molecule has 2 rings (SSSR count). The molecule has 0 aliphatic rings. The molecule has 0 saturated carbocycles. The van der Waals surface area contributed by atoms with Crippen molar-refractivity contribution in [1.29, 1.82) is 0 Å². The summed E-state index contributed by atoms with van der Waals surface area (Å²) in [6.45, 7) is 8.77. The maximum absolute atomic E-state index is 13.5. The van der Waals surface area contributed by atoms with Gasteiger partial charge < -0.3 is 10.2 Å². The lowest BCUT2D eigenvalue weighted by atomic mass is 10.1. The Labute approximate surface area is 227 Å². The summed E-state index contributed by atoms with van der Waals surface area (Å²) in [5.74, 6) is -0.348. The number of rotatable bonds is 14. The lowest BCUT2D eigenvalue weighted by Crippen LogP contribution is -2.49. The fourth-order valence-electron chi connectivity index (χ4n) is 4.27. The van der Waals surface area contributed by atoms with Gasteiger partial charge >= 0.3 is 0 Å². The molecule has 7 nitrogen and oxygen atoms in total. The molecule has 0 aliphatic heterocycles. The molecule has 37 heavy (non-hydrogen) atoms. The first-order chi connectivity index (χ1) is 17.5. The molecule has 0 aromatic heterocycles. The van der Waals surface area contributed by atoms with E-state index in [0.717, 1.165) is 35.8 Å². The molecule has 2 amide bonds. The summed E-state index contributed by atoms with van der Waals surface area (Å²) in [7, 11) is -3.59. The van der Waals surface area contributed by atoms with E-state index in [0.29, 0.717) is 36.6 Å². The van der Waals surface area contributed by atoms with Crippen LogP contribution in [0.5, 0.6) is 0 Å². The number of benzene rings is 2. The summed E-state index contributed by atoms with van der Waals surface area (Å²) < 4.78 is 26.5. The molecule has 0 saturated heterocycles. The summed E-state index contributed by atoms with van der Waals surface area (Å²) in [5, 5.41) is 3.40. The number of nitrogens with one attached hydrogen (secondary N) is 1. The maximum Gasteiger partial charge on any atom is 0.242 e. The van der Waals surface area contributed by atoms with Crippen molar-refractivity contribution >= 4 is 39.1 Å². The number of hydrogen-bond donors (Lipinski definition) is 1. The zero-order chi connectivity index (χ0) is 27.6. The van der Waals surface area contributed by atoms with Gasteiger partial charge in [0, 0.05) is 31.1 Å². The summed E-state index contributed by atoms with van der Waals surface area (Å²) in [5.41, 5.74) is 3.30. The van der Waals surface area contributed by atoms with E-state index in [2.05, 4.69) is 12.2 Å². The van der Waals surface area contributed by atoms with Gasteiger partial charge in [-0.2, -0.15) is 0 Å². The minimum Gasteiger partial charge on any atom is -0.354 e. The first-order valence-corrected chi connectivity index (χ1v) is 15.1. The van der Waals surface area contributed by atoms with Crippen LogP contribution >= 0.6 is 11.6 Å². The summed E-state index contributed by atoms with van der Waals surface area (Å²) in [4.78, 5) is 28.2. The average Bonchev–Trinajstić information content (AvgIpc) is 2.82. The Morgan fingerprint density at radius 2 is 1.78 bits per heavy atom. The largest absolute Gasteiger partial charge is 0.354 e. The minimum absolute atomic E-state index is 0.107. The highest BCUT2D eigenvalue weighted by atomic mass is 35.5. The molecule has 2 aromatic carbocycles. The van der Waals surface area contributed by atoms with Crippen molar-refractivity contribution in [1.82, 2.24) is 10.2 Å². The predicted molar refractivity (Wildman–Crippen MR) is 151 cm³/mol. The standard InChI is InChI=1S/C28H40ClN3O4S/c1-6-8-16-30-28(34)25(7-2)31(20-23-12-9-11-21(3)18-23)27(33)13-10-17-32(37(5,35)36)26-19-24(29)15-14-22(26)4/h9,11-12,14-15,18-19,25H,6-8,10,13,16-17,20H2,1-5H3,(H,30,34). The molecular formula is C28H40ClN3O4S. The predicted octanol–water partition coefficient (Wildman–Crippen LogP) is 5.23. The van der Waals surface area contributed by atoms with Crippen molar-refractivity contribution < 1.29 is 18.0 Å². The summed E-state index contributed by atoms with van der Waals surface area (Å²) in [6, 6.07) is 12.4. The van der Waals surface area contributed by atoms with Gasteiger partial charge in [-0.05, 0) is 56.4 Å². The number of unbranched alkanes of at least 4 members (excludes halogenated alkanes) is 1. The second-order valence-electron chi connectivity index (χ2n) is 9.45. The van der Waals surface area contributed by atoms with Crippen LogP contribution in [0.15, 0.2) is 42.5 Å². The highest BCUT2D eigenvalue weighted by Gasteiger charge is 2.29. The Morgan fingerprint density at radius 1 is 1.05 bits per heavy atom. The molecule has 0 aliphatic carbocycles. The zero-order valence-electron chi connectivity index (χ0n) is 22.6. The van der Waals surface area contributed by atoms with Gasteiger partial charge in [0.2, 0.25) is 21.8 Å². The van der Waals surface area contributed by atoms with Gasteiger partial charge in [0.1, 0.15) is 6.04 Å². The number of sulfonamides is 1. The molecular weight excluding hydrogens is 510 g/mol. The molecule has 0 fully saturated rings. The van der Waals surface area contributed by atoms with Gasteiger partial charge in [-0.1, -0.05) is 67.8 Å². The number of amides is 2. The van der Waals surface area contributed by atoms with Crippen LogP contribution in [-0.4, -0.2) is 50.5 Å². The second kappa shape index (κ2) is 14.4. The van der Waals surface area contributed by atoms with E-state index in [1.165, 1.54) is 4.31 Å². The molecule has 204 valence electrons. The van der Waals surface area contributed by atoms with Crippen LogP contribution in [0.2, 0.25) is 5.02 Å². The van der Waals surface area contributed by atoms with E-state index in [1.54, 1.807) is 23.1 Å². The van der Waals surface area contributed by atoms with Gasteiger partial charge in [-0.15, -0.1) is 0 Å². The Bertz CT molecular complexity index is 1170. The minimum atomic E-state index is -3.59. The van der Waals surface area contributed by atoms with Gasteiger partial charge in [0.05, 0.1) is 11.9 Å². The number of aryl methyl sites for hydroxylation is 2. The quantitative estimate of drug-likeness (QED) is 0.327. The van der Waals surface area contributed by atoms with Crippen LogP contribution in [0.3, 0.4) is 0 Å². The monoisotopic (exact) mass is 549 g/mol. The van der Waals surface area contributed by atoms with E-state index < -0.39 is 16.1 Å². The van der Waals surface area contributed by atoms with E-state index in [1.807, 2.05) is 45.0 Å². The summed E-state index contributed by atoms with van der Waals surface area (Å²) in [6.07, 6.45) is 3.87. The highest BCUT2D eigenvalue weighted by Crippen LogP contribution is 2.27. The van der Waals surface area contributed by atoms with Crippen molar-refractivity contribution in [2.75, 3.05) is 23.7 Å². The van der Waals surface area contributed by atoms with Gasteiger partial charge in [0.25, 0.3) is 0 Å². The van der Waals surface area contributed by atoms with Crippen molar-refractivity contribution in [3.8, 4) is 0 Å². The summed E-state index contributed by atoms with van der Waals surface area (Å²) >= 11 is 6.13. The zero-order valence-corrected chi connectivity index (χ0v) is 24.2. The molecule has 0 radical (unpaired) electrons. The molecule has 0 bridgehead atoms. The fraction of sp³-hybridized carbons (Fsp3) is 0.500. The van der Waals surface area contributed by atoms with Crippen LogP contribution in [0, 0.1) is 13.8 Å². The van der Waals surface area contributed by atoms with E-state index in [4.69, 9.17) is 11.6 Å². The molecule has 0 spiro atoms.